The molecule has 0 unspecified atom stereocenters. The number of nitrogens with one attached hydrogen (secondary N) is 1. The van der Waals surface area contributed by atoms with Gasteiger partial charge < -0.3 is 10.1 Å². The van der Waals surface area contributed by atoms with E-state index in [2.05, 4.69) is 21.2 Å². The van der Waals surface area contributed by atoms with Crippen molar-refractivity contribution in [2.45, 2.75) is 4.90 Å². The van der Waals surface area contributed by atoms with Crippen LogP contribution in [0.15, 0.2) is 82.2 Å². The second-order valence-electron chi connectivity index (χ2n) is 6.22. The van der Waals surface area contributed by atoms with Crippen molar-refractivity contribution in [2.75, 3.05) is 23.3 Å². The molecule has 0 radical (unpaired) electrons. The number of rotatable bonds is 7. The number of benzene rings is 3. The lowest BCUT2D eigenvalue weighted by molar-refractivity contribution is -0.114. The van der Waals surface area contributed by atoms with Crippen LogP contribution < -0.4 is 14.4 Å². The minimum absolute atomic E-state index is 0.0357. The zero-order valence-corrected chi connectivity index (χ0v) is 19.0. The molecular weight excluding hydrogens is 492 g/mol. The highest BCUT2D eigenvalue weighted by Crippen LogP contribution is 2.26. The average molecular weight is 510 g/mol. The molecule has 1 amide bonds. The van der Waals surface area contributed by atoms with Gasteiger partial charge in [-0.2, -0.15) is 0 Å². The summed E-state index contributed by atoms with van der Waals surface area (Å²) in [4.78, 5) is 12.7. The highest BCUT2D eigenvalue weighted by Gasteiger charge is 2.27. The van der Waals surface area contributed by atoms with E-state index in [1.54, 1.807) is 54.6 Å². The molecule has 0 saturated heterocycles. The average Bonchev–Trinajstić information content (AvgIpc) is 2.73. The summed E-state index contributed by atoms with van der Waals surface area (Å²) in [6.07, 6.45) is 0. The number of methoxy groups -OCH3 is 1. The quantitative estimate of drug-likeness (QED) is 0.489. The van der Waals surface area contributed by atoms with Crippen LogP contribution in [0.1, 0.15) is 0 Å². The zero-order chi connectivity index (χ0) is 21.7. The number of sulfonamides is 1. The Morgan fingerprint density at radius 1 is 1.07 bits per heavy atom. The van der Waals surface area contributed by atoms with Gasteiger partial charge in [-0.05, 0) is 66.7 Å². The first kappa shape index (κ1) is 22.1. The molecule has 0 aliphatic rings. The number of hydrogen-bond acceptors (Lipinski definition) is 4. The Bertz CT molecular complexity index is 1140. The Kier molecular flexibility index (Phi) is 7.02. The maximum atomic E-state index is 13.3. The first-order valence-electron chi connectivity index (χ1n) is 8.77. The molecule has 3 aromatic rings. The van der Waals surface area contributed by atoms with Gasteiger partial charge in [0.1, 0.15) is 12.3 Å². The number of carbonyl (C=O) groups excluding carboxylic acids is 1. The summed E-state index contributed by atoms with van der Waals surface area (Å²) in [7, 11) is -2.53. The number of anilines is 2. The molecule has 0 bridgehead atoms. The van der Waals surface area contributed by atoms with Crippen molar-refractivity contribution in [3.05, 3.63) is 82.3 Å². The molecule has 0 aromatic heterocycles. The molecule has 6 nitrogen and oxygen atoms in total. The second-order valence-corrected chi connectivity index (χ2v) is 9.44. The number of amides is 1. The lowest BCUT2D eigenvalue weighted by Gasteiger charge is -2.24. The van der Waals surface area contributed by atoms with E-state index in [0.717, 1.165) is 8.78 Å². The van der Waals surface area contributed by atoms with Crippen LogP contribution in [-0.4, -0.2) is 28.0 Å². The van der Waals surface area contributed by atoms with Crippen molar-refractivity contribution in [3.8, 4) is 5.75 Å². The summed E-state index contributed by atoms with van der Waals surface area (Å²) in [6.45, 7) is -0.414. The van der Waals surface area contributed by atoms with Crippen LogP contribution in [-0.2, 0) is 14.8 Å². The van der Waals surface area contributed by atoms with Gasteiger partial charge in [-0.3, -0.25) is 9.10 Å². The molecule has 0 heterocycles. The monoisotopic (exact) mass is 508 g/mol. The summed E-state index contributed by atoms with van der Waals surface area (Å²) < 4.78 is 33.6. The first-order valence-corrected chi connectivity index (χ1v) is 11.4. The third-order valence-corrected chi connectivity index (χ3v) is 6.69. The van der Waals surface area contributed by atoms with Gasteiger partial charge in [0, 0.05) is 15.2 Å². The van der Waals surface area contributed by atoms with Crippen molar-refractivity contribution >= 4 is 54.8 Å². The lowest BCUT2D eigenvalue weighted by atomic mass is 10.3. The number of carbonyl (C=O) groups is 1. The SMILES string of the molecule is COc1ccc(S(=O)(=O)N(CC(=O)Nc2cccc(Br)c2)c2ccc(Cl)cc2)cc1. The van der Waals surface area contributed by atoms with Gasteiger partial charge in [0.25, 0.3) is 10.0 Å². The Morgan fingerprint density at radius 2 is 1.73 bits per heavy atom. The summed E-state index contributed by atoms with van der Waals surface area (Å²) in [6, 6.07) is 19.2. The topological polar surface area (TPSA) is 75.7 Å². The predicted octanol–water partition coefficient (Wildman–Crippen LogP) is 4.95. The van der Waals surface area contributed by atoms with Crippen molar-refractivity contribution in [1.82, 2.24) is 0 Å². The van der Waals surface area contributed by atoms with E-state index in [1.165, 1.54) is 19.2 Å². The second kappa shape index (κ2) is 9.51. The zero-order valence-electron chi connectivity index (χ0n) is 15.9. The number of halogens is 2. The van der Waals surface area contributed by atoms with Gasteiger partial charge in [0.2, 0.25) is 5.91 Å². The van der Waals surface area contributed by atoms with Crippen LogP contribution in [0.4, 0.5) is 11.4 Å². The van der Waals surface area contributed by atoms with E-state index < -0.39 is 22.5 Å². The Hall–Kier alpha value is -2.55. The van der Waals surface area contributed by atoms with E-state index in [0.29, 0.717) is 22.1 Å². The molecule has 0 atom stereocenters. The van der Waals surface area contributed by atoms with Gasteiger partial charge in [-0.25, -0.2) is 8.42 Å². The Balaban J connectivity index is 1.93. The molecule has 0 saturated carbocycles. The fourth-order valence-corrected chi connectivity index (χ4v) is 4.64. The molecule has 0 spiro atoms. The minimum Gasteiger partial charge on any atom is -0.497 e. The Labute approximate surface area is 188 Å². The molecule has 1 N–H and O–H groups in total. The van der Waals surface area contributed by atoms with E-state index in [-0.39, 0.29) is 4.90 Å². The Morgan fingerprint density at radius 3 is 2.33 bits per heavy atom. The van der Waals surface area contributed by atoms with E-state index in [4.69, 9.17) is 16.3 Å². The molecule has 9 heteroatoms. The summed E-state index contributed by atoms with van der Waals surface area (Å²) in [5.74, 6) is 0.0412. The number of hydrogen-bond donors (Lipinski definition) is 1. The van der Waals surface area contributed by atoms with Crippen LogP contribution in [0.25, 0.3) is 0 Å². The van der Waals surface area contributed by atoms with Gasteiger partial charge in [-0.15, -0.1) is 0 Å². The van der Waals surface area contributed by atoms with E-state index >= 15 is 0 Å². The highest BCUT2D eigenvalue weighted by atomic mass is 79.9. The standard InChI is InChI=1S/C21H18BrClN2O4S/c1-29-19-9-11-20(12-10-19)30(27,28)25(18-7-5-16(23)6-8-18)14-21(26)24-17-4-2-3-15(22)13-17/h2-13H,14H2,1H3,(H,24,26). The van der Waals surface area contributed by atoms with Gasteiger partial charge in [0.15, 0.2) is 0 Å². The third kappa shape index (κ3) is 5.33. The van der Waals surface area contributed by atoms with Crippen LogP contribution in [0.2, 0.25) is 5.02 Å². The van der Waals surface area contributed by atoms with E-state index in [1.807, 2.05) is 6.07 Å². The molecule has 0 aliphatic carbocycles. The molecule has 30 heavy (non-hydrogen) atoms. The summed E-state index contributed by atoms with van der Waals surface area (Å²) >= 11 is 9.28. The van der Waals surface area contributed by atoms with Crippen LogP contribution in [0.3, 0.4) is 0 Å². The van der Waals surface area contributed by atoms with Crippen LogP contribution in [0, 0.1) is 0 Å². The molecule has 3 rings (SSSR count). The fourth-order valence-electron chi connectivity index (χ4n) is 2.69. The number of ether oxygens (including phenoxy) is 1. The van der Waals surface area contributed by atoms with E-state index in [9.17, 15) is 13.2 Å². The summed E-state index contributed by atoms with van der Waals surface area (Å²) in [5, 5.41) is 3.17. The first-order chi connectivity index (χ1) is 14.3. The summed E-state index contributed by atoms with van der Waals surface area (Å²) in [5.41, 5.74) is 0.867. The predicted molar refractivity (Wildman–Crippen MR) is 122 cm³/mol. The number of nitrogens with zero attached hydrogens (tertiary/aromatic N) is 1. The van der Waals surface area contributed by atoms with Crippen LogP contribution >= 0.6 is 27.5 Å². The normalized spacial score (nSPS) is 11.0. The molecule has 0 fully saturated rings. The van der Waals surface area contributed by atoms with Gasteiger partial charge >= 0.3 is 0 Å². The van der Waals surface area contributed by atoms with Crippen molar-refractivity contribution in [1.29, 1.82) is 0 Å². The molecule has 0 aliphatic heterocycles. The maximum Gasteiger partial charge on any atom is 0.264 e. The molecule has 3 aromatic carbocycles. The largest absolute Gasteiger partial charge is 0.497 e. The smallest absolute Gasteiger partial charge is 0.264 e. The van der Waals surface area contributed by atoms with Crippen molar-refractivity contribution in [3.63, 3.8) is 0 Å². The highest BCUT2D eigenvalue weighted by molar-refractivity contribution is 9.10. The fraction of sp³-hybridized carbons (Fsp3) is 0.0952. The third-order valence-electron chi connectivity index (χ3n) is 4.16. The maximum absolute atomic E-state index is 13.3. The van der Waals surface area contributed by atoms with Crippen molar-refractivity contribution < 1.29 is 17.9 Å². The molecule has 156 valence electrons. The van der Waals surface area contributed by atoms with Crippen LogP contribution in [0.5, 0.6) is 5.75 Å². The van der Waals surface area contributed by atoms with Crippen molar-refractivity contribution in [2.24, 2.45) is 0 Å². The lowest BCUT2D eigenvalue weighted by Crippen LogP contribution is -2.38. The van der Waals surface area contributed by atoms with Gasteiger partial charge in [0.05, 0.1) is 17.7 Å². The molecular formula is C21H18BrClN2O4S. The minimum atomic E-state index is -4.02. The van der Waals surface area contributed by atoms with Gasteiger partial charge in [-0.1, -0.05) is 33.6 Å².